The number of pyridine rings is 2. The van der Waals surface area contributed by atoms with Crippen LogP contribution in [0, 0.1) is 6.92 Å². The first-order chi connectivity index (χ1) is 7.11. The summed E-state index contributed by atoms with van der Waals surface area (Å²) in [6.07, 6.45) is 0. The molecule has 0 saturated carbocycles. The van der Waals surface area contributed by atoms with E-state index in [2.05, 4.69) is 9.97 Å². The van der Waals surface area contributed by atoms with Gasteiger partial charge in [-0.1, -0.05) is 23.2 Å². The lowest BCUT2D eigenvalue weighted by Crippen LogP contribution is -1.94. The van der Waals surface area contributed by atoms with Gasteiger partial charge in [0.2, 0.25) is 5.88 Å². The number of halogens is 2. The lowest BCUT2D eigenvalue weighted by Gasteiger charge is -2.06. The highest BCUT2D eigenvalue weighted by Crippen LogP contribution is 2.30. The molecule has 0 radical (unpaired) electrons. The molecule has 5 heteroatoms. The van der Waals surface area contributed by atoms with E-state index in [9.17, 15) is 0 Å². The topological polar surface area (TPSA) is 35.0 Å². The third-order valence-corrected chi connectivity index (χ3v) is 2.51. The van der Waals surface area contributed by atoms with Crippen LogP contribution >= 0.6 is 23.2 Å². The van der Waals surface area contributed by atoms with Gasteiger partial charge in [-0.15, -0.1) is 0 Å². The molecule has 2 heterocycles. The molecule has 0 fully saturated rings. The van der Waals surface area contributed by atoms with E-state index in [1.54, 1.807) is 12.1 Å². The molecular formula is C10H8Cl2N2O. The van der Waals surface area contributed by atoms with Crippen LogP contribution in [0.15, 0.2) is 12.1 Å². The Morgan fingerprint density at radius 3 is 2.60 bits per heavy atom. The van der Waals surface area contributed by atoms with Crippen molar-refractivity contribution in [1.29, 1.82) is 0 Å². The predicted octanol–water partition coefficient (Wildman–Crippen LogP) is 3.25. The van der Waals surface area contributed by atoms with Crippen molar-refractivity contribution in [3.8, 4) is 5.88 Å². The normalized spacial score (nSPS) is 10.7. The van der Waals surface area contributed by atoms with E-state index in [0.29, 0.717) is 21.6 Å². The zero-order valence-electron chi connectivity index (χ0n) is 8.21. The minimum atomic E-state index is 0.340. The average molecular weight is 243 g/mol. The van der Waals surface area contributed by atoms with Crippen LogP contribution in [0.4, 0.5) is 0 Å². The summed E-state index contributed by atoms with van der Waals surface area (Å²) in [5.74, 6) is 0.392. The predicted molar refractivity (Wildman–Crippen MR) is 60.8 cm³/mol. The largest absolute Gasteiger partial charge is 0.479 e. The van der Waals surface area contributed by atoms with Crippen molar-refractivity contribution >= 4 is 34.1 Å². The summed E-state index contributed by atoms with van der Waals surface area (Å²) in [7, 11) is 1.52. The van der Waals surface area contributed by atoms with Crippen molar-refractivity contribution in [3.63, 3.8) is 0 Å². The van der Waals surface area contributed by atoms with Gasteiger partial charge in [-0.3, -0.25) is 0 Å². The molecule has 2 rings (SSSR count). The monoisotopic (exact) mass is 242 g/mol. The van der Waals surface area contributed by atoms with Crippen LogP contribution in [-0.2, 0) is 0 Å². The Bertz CT molecular complexity index is 528. The highest BCUT2D eigenvalue weighted by molar-refractivity contribution is 6.36. The second-order valence-corrected chi connectivity index (χ2v) is 3.89. The van der Waals surface area contributed by atoms with Gasteiger partial charge < -0.3 is 4.74 Å². The molecule has 2 aromatic rings. The molecule has 0 aliphatic heterocycles. The summed E-state index contributed by atoms with van der Waals surface area (Å²) >= 11 is 11.9. The zero-order valence-corrected chi connectivity index (χ0v) is 9.73. The first kappa shape index (κ1) is 10.5. The van der Waals surface area contributed by atoms with Crippen molar-refractivity contribution in [2.24, 2.45) is 0 Å². The first-order valence-electron chi connectivity index (χ1n) is 4.29. The zero-order chi connectivity index (χ0) is 11.0. The third kappa shape index (κ3) is 1.85. The Morgan fingerprint density at radius 2 is 1.93 bits per heavy atom. The van der Waals surface area contributed by atoms with Gasteiger partial charge in [-0.2, -0.15) is 4.98 Å². The fourth-order valence-corrected chi connectivity index (χ4v) is 1.87. The van der Waals surface area contributed by atoms with Crippen LogP contribution in [0.25, 0.3) is 10.9 Å². The number of ether oxygens (including phenoxy) is 1. The molecule has 0 unspecified atom stereocenters. The molecule has 0 saturated heterocycles. The molecule has 0 N–H and O–H groups in total. The number of aromatic nitrogens is 2. The summed E-state index contributed by atoms with van der Waals surface area (Å²) in [4.78, 5) is 8.34. The Hall–Kier alpha value is -1.06. The smallest absolute Gasteiger partial charge is 0.241 e. The second-order valence-electron chi connectivity index (χ2n) is 3.10. The van der Waals surface area contributed by atoms with E-state index in [-0.39, 0.29) is 0 Å². The molecule has 0 amide bonds. The third-order valence-electron chi connectivity index (χ3n) is 2.00. The molecule has 78 valence electrons. The van der Waals surface area contributed by atoms with Gasteiger partial charge in [0.05, 0.1) is 12.1 Å². The maximum atomic E-state index is 6.08. The maximum Gasteiger partial charge on any atom is 0.241 e. The SMILES string of the molecule is COc1nc(Cl)cc2c(Cl)cc(C)nc12. The highest BCUT2D eigenvalue weighted by Gasteiger charge is 2.10. The molecule has 0 aliphatic rings. The van der Waals surface area contributed by atoms with Crippen LogP contribution in [0.5, 0.6) is 5.88 Å². The fourth-order valence-electron chi connectivity index (χ4n) is 1.39. The van der Waals surface area contributed by atoms with Crippen LogP contribution in [-0.4, -0.2) is 17.1 Å². The van der Waals surface area contributed by atoms with Crippen LogP contribution in [0.1, 0.15) is 5.69 Å². The molecule has 2 aromatic heterocycles. The molecular weight excluding hydrogens is 235 g/mol. The van der Waals surface area contributed by atoms with Gasteiger partial charge in [0.1, 0.15) is 10.7 Å². The van der Waals surface area contributed by atoms with Crippen molar-refractivity contribution in [2.45, 2.75) is 6.92 Å². The number of rotatable bonds is 1. The van der Waals surface area contributed by atoms with Crippen LogP contribution in [0.2, 0.25) is 10.2 Å². The standard InChI is InChI=1S/C10H8Cl2N2O/c1-5-3-7(11)6-4-8(12)14-10(15-2)9(6)13-5/h3-4H,1-2H3. The van der Waals surface area contributed by atoms with E-state index >= 15 is 0 Å². The first-order valence-corrected chi connectivity index (χ1v) is 5.05. The second kappa shape index (κ2) is 3.83. The molecule has 0 aliphatic carbocycles. The quantitative estimate of drug-likeness (QED) is 0.721. The molecule has 0 spiro atoms. The van der Waals surface area contributed by atoms with E-state index in [0.717, 1.165) is 11.1 Å². The summed E-state index contributed by atoms with van der Waals surface area (Å²) in [5.41, 5.74) is 1.45. The van der Waals surface area contributed by atoms with E-state index in [4.69, 9.17) is 27.9 Å². The fraction of sp³-hybridized carbons (Fsp3) is 0.200. The summed E-state index contributed by atoms with van der Waals surface area (Å²) < 4.78 is 5.10. The van der Waals surface area contributed by atoms with Crippen molar-refractivity contribution in [1.82, 2.24) is 9.97 Å². The Morgan fingerprint density at radius 1 is 1.20 bits per heavy atom. The Labute approximate surface area is 97.0 Å². The summed E-state index contributed by atoms with van der Waals surface area (Å²) in [6.45, 7) is 1.86. The van der Waals surface area contributed by atoms with E-state index in [1.807, 2.05) is 6.92 Å². The minimum absolute atomic E-state index is 0.340. The van der Waals surface area contributed by atoms with Gasteiger partial charge in [-0.25, -0.2) is 4.98 Å². The van der Waals surface area contributed by atoms with Crippen LogP contribution < -0.4 is 4.74 Å². The Balaban J connectivity index is 2.89. The lowest BCUT2D eigenvalue weighted by atomic mass is 10.2. The average Bonchev–Trinajstić information content (AvgIpc) is 2.18. The maximum absolute atomic E-state index is 6.08. The van der Waals surface area contributed by atoms with E-state index in [1.165, 1.54) is 7.11 Å². The van der Waals surface area contributed by atoms with Gasteiger partial charge in [-0.05, 0) is 19.1 Å². The Kier molecular flexibility index (Phi) is 2.67. The van der Waals surface area contributed by atoms with Crippen molar-refractivity contribution in [2.75, 3.05) is 7.11 Å². The van der Waals surface area contributed by atoms with Gasteiger partial charge in [0.25, 0.3) is 0 Å². The highest BCUT2D eigenvalue weighted by atomic mass is 35.5. The summed E-state index contributed by atoms with van der Waals surface area (Å²) in [6, 6.07) is 3.45. The minimum Gasteiger partial charge on any atom is -0.479 e. The molecule has 0 bridgehead atoms. The van der Waals surface area contributed by atoms with Crippen molar-refractivity contribution in [3.05, 3.63) is 28.0 Å². The number of methoxy groups -OCH3 is 1. The number of hydrogen-bond donors (Lipinski definition) is 0. The number of hydrogen-bond acceptors (Lipinski definition) is 3. The van der Waals surface area contributed by atoms with E-state index < -0.39 is 0 Å². The molecule has 15 heavy (non-hydrogen) atoms. The molecule has 0 atom stereocenters. The molecule has 3 nitrogen and oxygen atoms in total. The molecule has 0 aromatic carbocycles. The lowest BCUT2D eigenvalue weighted by molar-refractivity contribution is 0.402. The van der Waals surface area contributed by atoms with Gasteiger partial charge in [0.15, 0.2) is 0 Å². The van der Waals surface area contributed by atoms with Crippen molar-refractivity contribution < 1.29 is 4.74 Å². The van der Waals surface area contributed by atoms with Gasteiger partial charge in [0, 0.05) is 11.1 Å². The number of aryl methyl sites for hydroxylation is 1. The summed E-state index contributed by atoms with van der Waals surface area (Å²) in [5, 5.41) is 1.69. The number of nitrogens with zero attached hydrogens (tertiary/aromatic N) is 2. The van der Waals surface area contributed by atoms with Gasteiger partial charge >= 0.3 is 0 Å². The van der Waals surface area contributed by atoms with Crippen LogP contribution in [0.3, 0.4) is 0 Å². The number of fused-ring (bicyclic) bond motifs is 1.